The second-order valence-corrected chi connectivity index (χ2v) is 4.42. The lowest BCUT2D eigenvalue weighted by Gasteiger charge is -2.18. The van der Waals surface area contributed by atoms with Gasteiger partial charge < -0.3 is 20.8 Å². The molecule has 0 aromatic carbocycles. The van der Waals surface area contributed by atoms with Gasteiger partial charge in [0.2, 0.25) is 0 Å². The zero-order chi connectivity index (χ0) is 14.5. The van der Waals surface area contributed by atoms with Crippen molar-refractivity contribution in [2.24, 2.45) is 0 Å². The van der Waals surface area contributed by atoms with Crippen molar-refractivity contribution in [2.45, 2.75) is 26.0 Å². The normalized spacial score (nSPS) is 13.4. The Morgan fingerprint density at radius 3 is 2.68 bits per heavy atom. The Morgan fingerprint density at radius 2 is 2.11 bits per heavy atom. The summed E-state index contributed by atoms with van der Waals surface area (Å²) < 4.78 is 0. The van der Waals surface area contributed by atoms with Crippen LogP contribution >= 0.6 is 0 Å². The first-order chi connectivity index (χ1) is 8.83. The Balaban J connectivity index is 2.41. The largest absolute Gasteiger partial charge is 0.479 e. The molecule has 1 aromatic heterocycles. The van der Waals surface area contributed by atoms with Gasteiger partial charge in [-0.3, -0.25) is 4.98 Å². The molecule has 7 heteroatoms. The van der Waals surface area contributed by atoms with Gasteiger partial charge in [0.15, 0.2) is 5.60 Å². The summed E-state index contributed by atoms with van der Waals surface area (Å²) in [7, 11) is 0. The van der Waals surface area contributed by atoms with E-state index in [1.165, 1.54) is 0 Å². The molecular weight excluding hydrogens is 250 g/mol. The van der Waals surface area contributed by atoms with E-state index < -0.39 is 17.6 Å². The molecule has 0 spiro atoms. The number of nitrogens with one attached hydrogen (secondary N) is 2. The van der Waals surface area contributed by atoms with Crippen molar-refractivity contribution in [3.05, 3.63) is 29.6 Å². The van der Waals surface area contributed by atoms with E-state index in [0.717, 1.165) is 18.1 Å². The molecule has 104 valence electrons. The van der Waals surface area contributed by atoms with Crippen LogP contribution in [0.2, 0.25) is 0 Å². The van der Waals surface area contributed by atoms with Gasteiger partial charge in [0.25, 0.3) is 0 Å². The van der Waals surface area contributed by atoms with Crippen LogP contribution in [0.4, 0.5) is 4.79 Å². The maximum Gasteiger partial charge on any atom is 0.337 e. The number of carboxylic acid groups (broad SMARTS) is 1. The minimum absolute atomic E-state index is 0.301. The highest BCUT2D eigenvalue weighted by atomic mass is 16.4. The number of hydrogen-bond donors (Lipinski definition) is 4. The Kier molecular flexibility index (Phi) is 4.82. The van der Waals surface area contributed by atoms with E-state index >= 15 is 0 Å². The predicted octanol–water partition coefficient (Wildman–Crippen LogP) is 0.0248. The third-order valence-electron chi connectivity index (χ3n) is 2.63. The average molecular weight is 267 g/mol. The standard InChI is InChI=1S/C12H17N3O4/c1-8-5-13-4-3-9(8)6-14-11(18)15-7-12(2,19)10(16)17/h3-5,19H,6-7H2,1-2H3,(H,16,17)(H2,14,15,18). The van der Waals surface area contributed by atoms with Crippen molar-refractivity contribution < 1.29 is 19.8 Å². The van der Waals surface area contributed by atoms with Gasteiger partial charge in [-0.25, -0.2) is 9.59 Å². The van der Waals surface area contributed by atoms with E-state index in [9.17, 15) is 14.7 Å². The number of urea groups is 1. The summed E-state index contributed by atoms with van der Waals surface area (Å²) in [5.41, 5.74) is -0.125. The highest BCUT2D eigenvalue weighted by Crippen LogP contribution is 2.04. The van der Waals surface area contributed by atoms with Crippen molar-refractivity contribution in [3.8, 4) is 0 Å². The zero-order valence-corrected chi connectivity index (χ0v) is 10.8. The average Bonchev–Trinajstić information content (AvgIpc) is 2.35. The van der Waals surface area contributed by atoms with Gasteiger partial charge in [0.1, 0.15) is 0 Å². The van der Waals surface area contributed by atoms with Crippen LogP contribution in [0.3, 0.4) is 0 Å². The van der Waals surface area contributed by atoms with E-state index in [4.69, 9.17) is 5.11 Å². The summed E-state index contributed by atoms with van der Waals surface area (Å²) in [6.45, 7) is 2.92. The molecule has 0 saturated heterocycles. The molecule has 0 fully saturated rings. The summed E-state index contributed by atoms with van der Waals surface area (Å²) in [6.07, 6.45) is 3.31. The summed E-state index contributed by atoms with van der Waals surface area (Å²) in [6, 6.07) is 1.24. The minimum atomic E-state index is -1.98. The fraction of sp³-hybridized carbons (Fsp3) is 0.417. The van der Waals surface area contributed by atoms with E-state index in [1.54, 1.807) is 18.5 Å². The lowest BCUT2D eigenvalue weighted by Crippen LogP contribution is -2.49. The maximum atomic E-state index is 11.5. The topological polar surface area (TPSA) is 112 Å². The van der Waals surface area contributed by atoms with Crippen LogP contribution in [0.15, 0.2) is 18.5 Å². The molecule has 0 saturated carbocycles. The van der Waals surface area contributed by atoms with Gasteiger partial charge in [-0.2, -0.15) is 0 Å². The Morgan fingerprint density at radius 1 is 1.42 bits per heavy atom. The molecule has 1 unspecified atom stereocenters. The number of amides is 2. The third kappa shape index (κ3) is 4.55. The number of rotatable bonds is 5. The number of carbonyl (C=O) groups excluding carboxylic acids is 1. The first-order valence-corrected chi connectivity index (χ1v) is 5.70. The number of aromatic nitrogens is 1. The summed E-state index contributed by atoms with van der Waals surface area (Å²) in [5, 5.41) is 23.0. The fourth-order valence-corrected chi connectivity index (χ4v) is 1.27. The Bertz CT molecular complexity index is 474. The summed E-state index contributed by atoms with van der Waals surface area (Å²) in [4.78, 5) is 26.0. The quantitative estimate of drug-likeness (QED) is 0.601. The lowest BCUT2D eigenvalue weighted by atomic mass is 10.1. The van der Waals surface area contributed by atoms with Crippen LogP contribution in [0, 0.1) is 6.92 Å². The third-order valence-corrected chi connectivity index (χ3v) is 2.63. The highest BCUT2D eigenvalue weighted by molar-refractivity contribution is 5.79. The number of aryl methyl sites for hydroxylation is 1. The SMILES string of the molecule is Cc1cnccc1CNC(=O)NCC(C)(O)C(=O)O. The van der Waals surface area contributed by atoms with E-state index in [0.29, 0.717) is 6.54 Å². The highest BCUT2D eigenvalue weighted by Gasteiger charge is 2.30. The van der Waals surface area contributed by atoms with Gasteiger partial charge in [-0.1, -0.05) is 0 Å². The van der Waals surface area contributed by atoms with E-state index in [2.05, 4.69) is 15.6 Å². The second-order valence-electron chi connectivity index (χ2n) is 4.42. The molecule has 0 bridgehead atoms. The van der Waals surface area contributed by atoms with Gasteiger partial charge in [-0.15, -0.1) is 0 Å². The molecule has 0 aliphatic heterocycles. The molecule has 1 rings (SSSR count). The fourth-order valence-electron chi connectivity index (χ4n) is 1.27. The molecule has 2 amide bonds. The number of pyridine rings is 1. The first-order valence-electron chi connectivity index (χ1n) is 5.70. The van der Waals surface area contributed by atoms with Gasteiger partial charge in [-0.05, 0) is 31.0 Å². The van der Waals surface area contributed by atoms with Crippen LogP contribution in [0.1, 0.15) is 18.1 Å². The number of nitrogens with zero attached hydrogens (tertiary/aromatic N) is 1. The Labute approximate surface area is 110 Å². The van der Waals surface area contributed by atoms with Crippen molar-refractivity contribution in [1.82, 2.24) is 15.6 Å². The summed E-state index contributed by atoms with van der Waals surface area (Å²) >= 11 is 0. The first kappa shape index (κ1) is 14.9. The molecule has 1 aromatic rings. The lowest BCUT2D eigenvalue weighted by molar-refractivity contribution is -0.155. The number of aliphatic hydroxyl groups is 1. The molecule has 0 aliphatic rings. The number of carbonyl (C=O) groups is 2. The van der Waals surface area contributed by atoms with Crippen molar-refractivity contribution in [3.63, 3.8) is 0 Å². The van der Waals surface area contributed by atoms with E-state index in [-0.39, 0.29) is 6.54 Å². The van der Waals surface area contributed by atoms with Crippen molar-refractivity contribution >= 4 is 12.0 Å². The molecule has 4 N–H and O–H groups in total. The molecular formula is C12H17N3O4. The Hall–Kier alpha value is -2.15. The van der Waals surface area contributed by atoms with Crippen LogP contribution in [0.5, 0.6) is 0 Å². The van der Waals surface area contributed by atoms with Crippen molar-refractivity contribution in [1.29, 1.82) is 0 Å². The maximum absolute atomic E-state index is 11.5. The van der Waals surface area contributed by atoms with Gasteiger partial charge in [0.05, 0.1) is 6.54 Å². The molecule has 1 atom stereocenters. The van der Waals surface area contributed by atoms with Gasteiger partial charge in [0, 0.05) is 18.9 Å². The molecule has 19 heavy (non-hydrogen) atoms. The predicted molar refractivity (Wildman–Crippen MR) is 67.5 cm³/mol. The van der Waals surface area contributed by atoms with Crippen LogP contribution in [-0.4, -0.2) is 39.3 Å². The van der Waals surface area contributed by atoms with Crippen LogP contribution < -0.4 is 10.6 Å². The smallest absolute Gasteiger partial charge is 0.337 e. The summed E-state index contributed by atoms with van der Waals surface area (Å²) in [5.74, 6) is -1.39. The second kappa shape index (κ2) is 6.14. The molecule has 1 heterocycles. The van der Waals surface area contributed by atoms with E-state index in [1.807, 2.05) is 6.92 Å². The number of hydrogen-bond acceptors (Lipinski definition) is 4. The number of carboxylic acids is 1. The van der Waals surface area contributed by atoms with Gasteiger partial charge >= 0.3 is 12.0 Å². The van der Waals surface area contributed by atoms with Crippen molar-refractivity contribution in [2.75, 3.05) is 6.54 Å². The zero-order valence-electron chi connectivity index (χ0n) is 10.8. The molecule has 0 aliphatic carbocycles. The molecule has 0 radical (unpaired) electrons. The molecule has 7 nitrogen and oxygen atoms in total. The van der Waals surface area contributed by atoms with Crippen LogP contribution in [-0.2, 0) is 11.3 Å². The van der Waals surface area contributed by atoms with Crippen LogP contribution in [0.25, 0.3) is 0 Å². The monoisotopic (exact) mass is 267 g/mol. The minimum Gasteiger partial charge on any atom is -0.479 e. The number of aliphatic carboxylic acids is 1.